The van der Waals surface area contributed by atoms with E-state index in [1.54, 1.807) is 0 Å². The summed E-state index contributed by atoms with van der Waals surface area (Å²) in [5.74, 6) is 0.827. The van der Waals surface area contributed by atoms with Gasteiger partial charge >= 0.3 is 11.9 Å². The highest BCUT2D eigenvalue weighted by molar-refractivity contribution is 7.99. The molecule has 2 aliphatic rings. The number of benzene rings is 1. The van der Waals surface area contributed by atoms with Gasteiger partial charge in [0, 0.05) is 17.7 Å². The van der Waals surface area contributed by atoms with Crippen LogP contribution < -0.4 is 11.2 Å². The summed E-state index contributed by atoms with van der Waals surface area (Å²) in [6, 6.07) is 4.32. The van der Waals surface area contributed by atoms with Crippen LogP contribution >= 0.6 is 11.8 Å². The molecule has 2 fully saturated rings. The van der Waals surface area contributed by atoms with Crippen LogP contribution in [-0.2, 0) is 6.18 Å². The Hall–Kier alpha value is -2.66. The van der Waals surface area contributed by atoms with Crippen LogP contribution in [-0.4, -0.2) is 30.4 Å². The van der Waals surface area contributed by atoms with Gasteiger partial charge in [-0.05, 0) is 43.4 Å². The van der Waals surface area contributed by atoms with Crippen molar-refractivity contribution in [2.24, 2.45) is 0 Å². The molecule has 0 saturated heterocycles. The number of aliphatic hydroxyl groups excluding tert-OH is 1. The quantitative estimate of drug-likeness (QED) is 0.428. The first-order valence-electron chi connectivity index (χ1n) is 10.3. The van der Waals surface area contributed by atoms with E-state index in [2.05, 4.69) is 15.0 Å². The topological polar surface area (TPSA) is 101 Å². The van der Waals surface area contributed by atoms with Crippen molar-refractivity contribution >= 4 is 22.8 Å². The summed E-state index contributed by atoms with van der Waals surface area (Å²) in [5, 5.41) is 11.1. The summed E-state index contributed by atoms with van der Waals surface area (Å²) >= 11 is 1.12. The Morgan fingerprint density at radius 2 is 1.81 bits per heavy atom. The summed E-state index contributed by atoms with van der Waals surface area (Å²) in [6.45, 7) is 0. The van der Waals surface area contributed by atoms with Crippen molar-refractivity contribution in [1.82, 2.24) is 19.5 Å². The fourth-order valence-corrected chi connectivity index (χ4v) is 4.58. The minimum Gasteiger partial charge on any atom is -0.388 e. The molecule has 0 radical (unpaired) electrons. The minimum absolute atomic E-state index is 0.000564. The molecule has 5 rings (SSSR count). The smallest absolute Gasteiger partial charge is 0.388 e. The van der Waals surface area contributed by atoms with Gasteiger partial charge < -0.3 is 5.11 Å². The summed E-state index contributed by atoms with van der Waals surface area (Å²) in [4.78, 5) is 36.5. The molecule has 7 nitrogen and oxygen atoms in total. The fraction of sp³-hybridized carbons (Fsp3) is 0.429. The van der Waals surface area contributed by atoms with E-state index in [1.165, 1.54) is 16.7 Å². The number of alkyl halides is 3. The number of nitrogens with zero attached hydrogens (tertiary/aromatic N) is 3. The zero-order valence-electron chi connectivity index (χ0n) is 16.7. The van der Waals surface area contributed by atoms with Gasteiger partial charge in [-0.25, -0.2) is 14.8 Å². The van der Waals surface area contributed by atoms with E-state index in [1.807, 2.05) is 0 Å². The number of aliphatic hydroxyl groups is 1. The molecule has 1 unspecified atom stereocenters. The third-order valence-electron chi connectivity index (χ3n) is 5.62. The highest BCUT2D eigenvalue weighted by atomic mass is 32.2. The number of H-pyrrole nitrogens is 1. The van der Waals surface area contributed by atoms with Gasteiger partial charge in [-0.1, -0.05) is 12.1 Å². The van der Waals surface area contributed by atoms with E-state index in [0.717, 1.165) is 49.6 Å². The number of thioether (sulfide) groups is 1. The molecule has 0 spiro atoms. The molecule has 3 aromatic rings. The van der Waals surface area contributed by atoms with Gasteiger partial charge in [0.05, 0.1) is 11.7 Å². The van der Waals surface area contributed by atoms with Gasteiger partial charge in [0.1, 0.15) is 16.2 Å². The highest BCUT2D eigenvalue weighted by Crippen LogP contribution is 2.41. The summed E-state index contributed by atoms with van der Waals surface area (Å²) in [5.41, 5.74) is -1.23. The number of fused-ring (bicyclic) bond motifs is 1. The molecule has 2 aromatic heterocycles. The van der Waals surface area contributed by atoms with Gasteiger partial charge in [0.2, 0.25) is 0 Å². The highest BCUT2D eigenvalue weighted by Gasteiger charge is 2.33. The molecule has 11 heteroatoms. The monoisotopic (exact) mass is 464 g/mol. The van der Waals surface area contributed by atoms with Gasteiger partial charge in [0.15, 0.2) is 5.65 Å². The number of aromatic amines is 1. The van der Waals surface area contributed by atoms with E-state index < -0.39 is 29.1 Å². The predicted molar refractivity (Wildman–Crippen MR) is 112 cm³/mol. The van der Waals surface area contributed by atoms with Crippen molar-refractivity contribution in [2.75, 3.05) is 5.75 Å². The Morgan fingerprint density at radius 3 is 2.41 bits per heavy atom. The minimum atomic E-state index is -4.45. The van der Waals surface area contributed by atoms with Crippen LogP contribution in [0.1, 0.15) is 60.7 Å². The second kappa shape index (κ2) is 7.73. The van der Waals surface area contributed by atoms with E-state index in [0.29, 0.717) is 22.1 Å². The molecular formula is C21H19F3N4O3S. The Bertz CT molecular complexity index is 1300. The van der Waals surface area contributed by atoms with Crippen LogP contribution in [0.5, 0.6) is 0 Å². The average molecular weight is 464 g/mol. The van der Waals surface area contributed by atoms with Crippen LogP contribution in [0.25, 0.3) is 11.0 Å². The third kappa shape index (κ3) is 4.06. The van der Waals surface area contributed by atoms with Crippen molar-refractivity contribution in [2.45, 2.75) is 54.9 Å². The molecule has 0 bridgehead atoms. The zero-order chi connectivity index (χ0) is 22.6. The van der Waals surface area contributed by atoms with Gasteiger partial charge in [-0.3, -0.25) is 14.3 Å². The van der Waals surface area contributed by atoms with Gasteiger partial charge in [0.25, 0.3) is 5.56 Å². The molecule has 0 aliphatic heterocycles. The molecule has 1 aromatic carbocycles. The van der Waals surface area contributed by atoms with E-state index >= 15 is 0 Å². The number of rotatable bonds is 6. The van der Waals surface area contributed by atoms with Crippen LogP contribution in [0.15, 0.2) is 38.9 Å². The molecule has 168 valence electrons. The lowest BCUT2D eigenvalue weighted by Gasteiger charge is -2.14. The van der Waals surface area contributed by atoms with Crippen molar-refractivity contribution in [1.29, 1.82) is 0 Å². The lowest BCUT2D eigenvalue weighted by atomic mass is 10.1. The predicted octanol–water partition coefficient (Wildman–Crippen LogP) is 3.54. The Kier molecular flexibility index (Phi) is 5.12. The summed E-state index contributed by atoms with van der Waals surface area (Å²) < 4.78 is 39.8. The second-order valence-electron chi connectivity index (χ2n) is 8.17. The van der Waals surface area contributed by atoms with Crippen molar-refractivity contribution in [3.8, 4) is 0 Å². The first kappa shape index (κ1) is 21.2. The number of nitrogens with one attached hydrogen (secondary N) is 1. The maximum atomic E-state index is 12.8. The Balaban J connectivity index is 1.48. The van der Waals surface area contributed by atoms with Gasteiger partial charge in [-0.2, -0.15) is 13.2 Å². The molecule has 0 amide bonds. The number of aromatic nitrogens is 4. The fourth-order valence-electron chi connectivity index (χ4n) is 3.58. The average Bonchev–Trinajstić information content (AvgIpc) is 3.64. The molecule has 1 atom stereocenters. The lowest BCUT2D eigenvalue weighted by molar-refractivity contribution is -0.137. The Morgan fingerprint density at radius 1 is 1.12 bits per heavy atom. The van der Waals surface area contributed by atoms with E-state index in [-0.39, 0.29) is 23.1 Å². The first-order valence-corrected chi connectivity index (χ1v) is 11.3. The van der Waals surface area contributed by atoms with Crippen LogP contribution in [0.2, 0.25) is 0 Å². The normalized spacial score (nSPS) is 17.6. The third-order valence-corrected chi connectivity index (χ3v) is 6.68. The second-order valence-corrected chi connectivity index (χ2v) is 9.18. The zero-order valence-corrected chi connectivity index (χ0v) is 17.5. The van der Waals surface area contributed by atoms with E-state index in [4.69, 9.17) is 0 Å². The molecule has 2 heterocycles. The molecular weight excluding hydrogens is 445 g/mol. The largest absolute Gasteiger partial charge is 0.416 e. The van der Waals surface area contributed by atoms with E-state index in [9.17, 15) is 27.9 Å². The number of hydrogen-bond donors (Lipinski definition) is 2. The Labute approximate surface area is 183 Å². The van der Waals surface area contributed by atoms with Crippen molar-refractivity contribution in [3.05, 3.63) is 62.1 Å². The van der Waals surface area contributed by atoms with Crippen LogP contribution in [0.3, 0.4) is 0 Å². The number of hydrogen-bond acceptors (Lipinski definition) is 6. The van der Waals surface area contributed by atoms with Crippen molar-refractivity contribution in [3.63, 3.8) is 0 Å². The summed E-state index contributed by atoms with van der Waals surface area (Å²) in [7, 11) is 0. The maximum Gasteiger partial charge on any atom is 0.416 e. The molecule has 2 N–H and O–H groups in total. The van der Waals surface area contributed by atoms with Crippen molar-refractivity contribution < 1.29 is 18.3 Å². The van der Waals surface area contributed by atoms with Crippen LogP contribution in [0, 0.1) is 0 Å². The molecule has 2 aliphatic carbocycles. The standard InChI is InChI=1S/C21H19F3N4O3S/c22-21(23,24)12-5-3-10(4-6-12)14(29)9-32-19-15-17(25-16(26-19)11-1-2-11)28(13-7-8-13)20(31)27-18(15)30/h3-6,11,13-14,29H,1-2,7-9H2,(H,27,30,31). The van der Waals surface area contributed by atoms with Crippen LogP contribution in [0.4, 0.5) is 13.2 Å². The summed E-state index contributed by atoms with van der Waals surface area (Å²) in [6.07, 6.45) is -1.99. The lowest BCUT2D eigenvalue weighted by Crippen LogP contribution is -2.31. The molecule has 32 heavy (non-hydrogen) atoms. The number of halogens is 3. The maximum absolute atomic E-state index is 12.8. The molecule has 2 saturated carbocycles. The first-order chi connectivity index (χ1) is 15.2. The SMILES string of the molecule is O=c1[nH]c(=O)n(C2CC2)c2nc(C3CC3)nc(SCC(O)c3ccc(C(F)(F)F)cc3)c12. The van der Waals surface area contributed by atoms with Gasteiger partial charge in [-0.15, -0.1) is 11.8 Å².